The zero-order valence-electron chi connectivity index (χ0n) is 14.4. The van der Waals surface area contributed by atoms with Gasteiger partial charge in [0.25, 0.3) is 0 Å². The van der Waals surface area contributed by atoms with Crippen LogP contribution in [0.5, 0.6) is 0 Å². The monoisotopic (exact) mass is 398 g/mol. The van der Waals surface area contributed by atoms with Crippen molar-refractivity contribution in [3.8, 4) is 22.3 Å². The van der Waals surface area contributed by atoms with Crippen LogP contribution in [0.1, 0.15) is 11.1 Å². The van der Waals surface area contributed by atoms with Crippen LogP contribution >= 0.6 is 15.9 Å². The maximum Gasteiger partial charge on any atom is 0.0253 e. The third kappa shape index (κ3) is 3.49. The minimum absolute atomic E-state index is 1.10. The minimum atomic E-state index is 1.10. The van der Waals surface area contributed by atoms with Gasteiger partial charge < -0.3 is 0 Å². The average Bonchev–Trinajstić information content (AvgIpc) is 3.08. The number of benzene rings is 4. The van der Waals surface area contributed by atoms with E-state index in [1.807, 2.05) is 18.2 Å². The van der Waals surface area contributed by atoms with Crippen LogP contribution in [0.4, 0.5) is 0 Å². The molecule has 5 rings (SSSR count). The molecule has 0 atom stereocenters. The summed E-state index contributed by atoms with van der Waals surface area (Å²) in [5, 5.41) is 0. The van der Waals surface area contributed by atoms with E-state index < -0.39 is 0 Å². The van der Waals surface area contributed by atoms with Crippen molar-refractivity contribution in [1.82, 2.24) is 0 Å². The van der Waals surface area contributed by atoms with Crippen molar-refractivity contribution in [3.63, 3.8) is 0 Å². The SMILES string of the molecule is Brc1ccccc1-c1ccccc1.c1ccc2c(c1)Cc1ccccc1-2. The second-order valence-electron chi connectivity index (χ2n) is 6.34. The van der Waals surface area contributed by atoms with Gasteiger partial charge in [-0.3, -0.25) is 0 Å². The highest BCUT2D eigenvalue weighted by atomic mass is 79.9. The van der Waals surface area contributed by atoms with Crippen LogP contribution in [0.25, 0.3) is 22.3 Å². The molecule has 1 heteroatoms. The molecule has 0 saturated carbocycles. The molecule has 4 aromatic carbocycles. The second kappa shape index (κ2) is 7.72. The van der Waals surface area contributed by atoms with Gasteiger partial charge >= 0.3 is 0 Å². The van der Waals surface area contributed by atoms with Crippen molar-refractivity contribution in [2.24, 2.45) is 0 Å². The number of hydrogen-bond acceptors (Lipinski definition) is 0. The first-order chi connectivity index (χ1) is 12.8. The van der Waals surface area contributed by atoms with Gasteiger partial charge in [0.05, 0.1) is 0 Å². The van der Waals surface area contributed by atoms with Crippen molar-refractivity contribution in [1.29, 1.82) is 0 Å². The van der Waals surface area contributed by atoms with Crippen LogP contribution in [0.15, 0.2) is 108 Å². The smallest absolute Gasteiger partial charge is 0.0253 e. The molecule has 0 fully saturated rings. The van der Waals surface area contributed by atoms with Gasteiger partial charge in [-0.15, -0.1) is 0 Å². The fraction of sp³-hybridized carbons (Fsp3) is 0.0400. The van der Waals surface area contributed by atoms with E-state index in [9.17, 15) is 0 Å². The zero-order valence-corrected chi connectivity index (χ0v) is 16.0. The Morgan fingerprint density at radius 2 is 0.923 bits per heavy atom. The Labute approximate surface area is 163 Å². The minimum Gasteiger partial charge on any atom is -0.0622 e. The predicted molar refractivity (Wildman–Crippen MR) is 114 cm³/mol. The van der Waals surface area contributed by atoms with Gasteiger partial charge in [0.1, 0.15) is 0 Å². The number of rotatable bonds is 1. The van der Waals surface area contributed by atoms with E-state index in [0.717, 1.165) is 10.9 Å². The number of hydrogen-bond donors (Lipinski definition) is 0. The van der Waals surface area contributed by atoms with Gasteiger partial charge in [0, 0.05) is 4.47 Å². The van der Waals surface area contributed by atoms with Crippen LogP contribution in [-0.4, -0.2) is 0 Å². The van der Waals surface area contributed by atoms with Gasteiger partial charge in [-0.2, -0.15) is 0 Å². The lowest BCUT2D eigenvalue weighted by Crippen LogP contribution is -1.77. The summed E-state index contributed by atoms with van der Waals surface area (Å²) < 4.78 is 1.14. The lowest BCUT2D eigenvalue weighted by atomic mass is 10.1. The Morgan fingerprint density at radius 1 is 0.462 bits per heavy atom. The van der Waals surface area contributed by atoms with E-state index in [0.29, 0.717) is 0 Å². The fourth-order valence-electron chi connectivity index (χ4n) is 3.39. The first-order valence-electron chi connectivity index (χ1n) is 8.79. The van der Waals surface area contributed by atoms with Gasteiger partial charge in [-0.25, -0.2) is 0 Å². The van der Waals surface area contributed by atoms with E-state index in [1.165, 1.54) is 33.4 Å². The molecule has 26 heavy (non-hydrogen) atoms. The Kier molecular flexibility index (Phi) is 4.99. The molecule has 0 aliphatic heterocycles. The molecule has 4 aromatic rings. The molecule has 0 bridgehead atoms. The summed E-state index contributed by atoms with van der Waals surface area (Å²) in [6.07, 6.45) is 1.10. The van der Waals surface area contributed by atoms with Gasteiger partial charge in [0.15, 0.2) is 0 Å². The van der Waals surface area contributed by atoms with Crippen LogP contribution in [0.3, 0.4) is 0 Å². The molecule has 0 saturated heterocycles. The third-order valence-electron chi connectivity index (χ3n) is 4.66. The van der Waals surface area contributed by atoms with Gasteiger partial charge in [-0.05, 0) is 45.9 Å². The standard InChI is InChI=1S/C13H10.C12H9Br/c1-3-7-12-10(5-1)9-11-6-2-4-8-13(11)12;13-12-9-5-4-8-11(12)10-6-2-1-3-7-10/h1-8H,9H2;1-9H. The molecule has 1 aliphatic carbocycles. The van der Waals surface area contributed by atoms with Crippen LogP contribution in [-0.2, 0) is 6.42 Å². The topological polar surface area (TPSA) is 0 Å². The molecular formula is C25H19Br. The quantitative estimate of drug-likeness (QED) is 0.276. The first kappa shape index (κ1) is 16.8. The Morgan fingerprint density at radius 3 is 1.50 bits per heavy atom. The Bertz CT molecular complexity index is 967. The van der Waals surface area contributed by atoms with E-state index in [2.05, 4.69) is 101 Å². The summed E-state index contributed by atoms with van der Waals surface area (Å²) in [5.41, 5.74) is 8.24. The van der Waals surface area contributed by atoms with E-state index in [-0.39, 0.29) is 0 Å². The van der Waals surface area contributed by atoms with E-state index in [4.69, 9.17) is 0 Å². The summed E-state index contributed by atoms with van der Waals surface area (Å²) in [5.74, 6) is 0. The molecule has 1 aliphatic rings. The summed E-state index contributed by atoms with van der Waals surface area (Å²) in [6.45, 7) is 0. The predicted octanol–water partition coefficient (Wildman–Crippen LogP) is 7.37. The van der Waals surface area contributed by atoms with Crippen LogP contribution in [0, 0.1) is 0 Å². The Hall–Kier alpha value is -2.64. The molecule has 0 unspecified atom stereocenters. The molecule has 0 nitrogen and oxygen atoms in total. The molecule has 0 amide bonds. The third-order valence-corrected chi connectivity index (χ3v) is 5.36. The molecule has 0 N–H and O–H groups in total. The highest BCUT2D eigenvalue weighted by Crippen LogP contribution is 2.35. The summed E-state index contributed by atoms with van der Waals surface area (Å²) in [7, 11) is 0. The summed E-state index contributed by atoms with van der Waals surface area (Å²) in [6, 6.07) is 35.9. The van der Waals surface area contributed by atoms with Crippen molar-refractivity contribution in [3.05, 3.63) is 119 Å². The van der Waals surface area contributed by atoms with E-state index >= 15 is 0 Å². The lowest BCUT2D eigenvalue weighted by Gasteiger charge is -2.02. The van der Waals surface area contributed by atoms with Crippen molar-refractivity contribution in [2.75, 3.05) is 0 Å². The van der Waals surface area contributed by atoms with Gasteiger partial charge in [0.2, 0.25) is 0 Å². The first-order valence-corrected chi connectivity index (χ1v) is 9.58. The van der Waals surface area contributed by atoms with E-state index in [1.54, 1.807) is 0 Å². The summed E-state index contributed by atoms with van der Waals surface area (Å²) >= 11 is 3.53. The van der Waals surface area contributed by atoms with Crippen LogP contribution in [0.2, 0.25) is 0 Å². The Balaban J connectivity index is 0.000000129. The largest absolute Gasteiger partial charge is 0.0622 e. The molecule has 0 aromatic heterocycles. The second-order valence-corrected chi connectivity index (χ2v) is 7.19. The normalized spacial score (nSPS) is 11.1. The highest BCUT2D eigenvalue weighted by molar-refractivity contribution is 9.10. The average molecular weight is 399 g/mol. The fourth-order valence-corrected chi connectivity index (χ4v) is 3.91. The zero-order chi connectivity index (χ0) is 17.8. The maximum absolute atomic E-state index is 3.53. The lowest BCUT2D eigenvalue weighted by molar-refractivity contribution is 1.26. The molecular weight excluding hydrogens is 380 g/mol. The summed E-state index contributed by atoms with van der Waals surface area (Å²) in [4.78, 5) is 0. The van der Waals surface area contributed by atoms with Gasteiger partial charge in [-0.1, -0.05) is 113 Å². The molecule has 126 valence electrons. The number of halogens is 1. The van der Waals surface area contributed by atoms with Crippen molar-refractivity contribution in [2.45, 2.75) is 6.42 Å². The highest BCUT2D eigenvalue weighted by Gasteiger charge is 2.15. The van der Waals surface area contributed by atoms with Crippen molar-refractivity contribution >= 4 is 15.9 Å². The van der Waals surface area contributed by atoms with Crippen LogP contribution < -0.4 is 0 Å². The molecule has 0 spiro atoms. The van der Waals surface area contributed by atoms with Crippen molar-refractivity contribution < 1.29 is 0 Å². The molecule has 0 heterocycles. The number of fused-ring (bicyclic) bond motifs is 3. The molecule has 0 radical (unpaired) electrons. The maximum atomic E-state index is 3.53.